The molecule has 1 aromatic heterocycles. The molecule has 0 unspecified atom stereocenters. The number of nitrogens with one attached hydrogen (secondary N) is 1. The van der Waals surface area contributed by atoms with Crippen molar-refractivity contribution >= 4 is 5.96 Å². The number of halogens is 3. The van der Waals surface area contributed by atoms with Gasteiger partial charge in [0.15, 0.2) is 5.96 Å². The number of hydrogen-bond donors (Lipinski definition) is 2. The summed E-state index contributed by atoms with van der Waals surface area (Å²) in [7, 11) is 0. The van der Waals surface area contributed by atoms with Gasteiger partial charge in [0, 0.05) is 12.7 Å². The van der Waals surface area contributed by atoms with Gasteiger partial charge in [0.1, 0.15) is 12.2 Å². The molecule has 0 aliphatic carbocycles. The number of ether oxygens (including phenoxy) is 1. The zero-order valence-electron chi connectivity index (χ0n) is 10.7. The number of aliphatic imine (C=N–C) groups is 1. The summed E-state index contributed by atoms with van der Waals surface area (Å²) < 4.78 is 42.9. The van der Waals surface area contributed by atoms with Crippen LogP contribution in [0.5, 0.6) is 5.88 Å². The summed E-state index contributed by atoms with van der Waals surface area (Å²) in [4.78, 5) is 7.43. The lowest BCUT2D eigenvalue weighted by Gasteiger charge is -2.11. The maximum absolute atomic E-state index is 12.6. The van der Waals surface area contributed by atoms with E-state index in [2.05, 4.69) is 21.9 Å². The first kappa shape index (κ1) is 15.8. The van der Waals surface area contributed by atoms with Crippen LogP contribution in [0.3, 0.4) is 0 Å². The highest BCUT2D eigenvalue weighted by Gasteiger charge is 2.34. The smallest absolute Gasteiger partial charge is 0.421 e. The summed E-state index contributed by atoms with van der Waals surface area (Å²) in [5, 5.41) is 2.73. The molecule has 0 aliphatic heterocycles. The van der Waals surface area contributed by atoms with Gasteiger partial charge in [0.25, 0.3) is 0 Å². The van der Waals surface area contributed by atoms with Crippen molar-refractivity contribution in [3.8, 4) is 5.88 Å². The molecule has 0 bridgehead atoms. The first-order chi connectivity index (χ1) is 9.45. The molecule has 0 aromatic carbocycles. The van der Waals surface area contributed by atoms with Crippen molar-refractivity contribution < 1.29 is 17.9 Å². The van der Waals surface area contributed by atoms with E-state index in [4.69, 9.17) is 10.5 Å². The van der Waals surface area contributed by atoms with Gasteiger partial charge in [-0.25, -0.2) is 9.98 Å². The summed E-state index contributed by atoms with van der Waals surface area (Å²) in [6, 6.07) is 2.11. The molecule has 0 saturated carbocycles. The molecule has 1 aromatic rings. The third kappa shape index (κ3) is 5.17. The summed E-state index contributed by atoms with van der Waals surface area (Å²) in [6.07, 6.45) is -1.67. The van der Waals surface area contributed by atoms with Crippen LogP contribution in [0.1, 0.15) is 5.56 Å². The van der Waals surface area contributed by atoms with Gasteiger partial charge in [-0.15, -0.1) is 6.58 Å². The second kappa shape index (κ2) is 7.37. The quantitative estimate of drug-likeness (QED) is 0.361. The predicted molar refractivity (Wildman–Crippen MR) is 69.4 cm³/mol. The highest BCUT2D eigenvalue weighted by molar-refractivity contribution is 5.77. The van der Waals surface area contributed by atoms with Crippen LogP contribution in [-0.4, -0.2) is 30.6 Å². The van der Waals surface area contributed by atoms with Crippen molar-refractivity contribution in [2.75, 3.05) is 19.7 Å². The topological polar surface area (TPSA) is 72.5 Å². The third-order valence-corrected chi connectivity index (χ3v) is 2.12. The first-order valence-corrected chi connectivity index (χ1v) is 5.75. The molecule has 5 nitrogen and oxygen atoms in total. The number of pyridine rings is 1. The van der Waals surface area contributed by atoms with Gasteiger partial charge < -0.3 is 15.8 Å². The predicted octanol–water partition coefficient (Wildman–Crippen LogP) is 1.57. The van der Waals surface area contributed by atoms with Crippen molar-refractivity contribution in [2.24, 2.45) is 10.7 Å². The third-order valence-electron chi connectivity index (χ3n) is 2.12. The van der Waals surface area contributed by atoms with Gasteiger partial charge in [-0.05, 0) is 12.1 Å². The van der Waals surface area contributed by atoms with Crippen molar-refractivity contribution in [1.82, 2.24) is 10.3 Å². The summed E-state index contributed by atoms with van der Waals surface area (Å²) in [6.45, 7) is 4.00. The van der Waals surface area contributed by atoms with Crippen molar-refractivity contribution in [3.63, 3.8) is 0 Å². The van der Waals surface area contributed by atoms with Crippen LogP contribution in [0.4, 0.5) is 13.2 Å². The number of guanidine groups is 1. The van der Waals surface area contributed by atoms with Gasteiger partial charge in [-0.1, -0.05) is 6.08 Å². The molecule has 8 heteroatoms. The largest absolute Gasteiger partial charge is 0.475 e. The zero-order valence-corrected chi connectivity index (χ0v) is 10.7. The minimum absolute atomic E-state index is 0.0590. The van der Waals surface area contributed by atoms with Crippen LogP contribution in [0.25, 0.3) is 0 Å². The van der Waals surface area contributed by atoms with Crippen LogP contribution >= 0.6 is 0 Å². The lowest BCUT2D eigenvalue weighted by atomic mass is 10.2. The van der Waals surface area contributed by atoms with Crippen LogP contribution in [0.2, 0.25) is 0 Å². The Morgan fingerprint density at radius 1 is 1.55 bits per heavy atom. The summed E-state index contributed by atoms with van der Waals surface area (Å²) >= 11 is 0. The van der Waals surface area contributed by atoms with Crippen LogP contribution < -0.4 is 15.8 Å². The van der Waals surface area contributed by atoms with E-state index in [0.29, 0.717) is 6.54 Å². The van der Waals surface area contributed by atoms with Gasteiger partial charge in [-0.2, -0.15) is 13.2 Å². The Morgan fingerprint density at radius 3 is 2.95 bits per heavy atom. The molecule has 0 spiro atoms. The van der Waals surface area contributed by atoms with E-state index in [1.165, 1.54) is 12.3 Å². The highest BCUT2D eigenvalue weighted by atomic mass is 19.4. The second-order valence-corrected chi connectivity index (χ2v) is 3.64. The maximum atomic E-state index is 12.6. The van der Waals surface area contributed by atoms with Gasteiger partial charge in [0.2, 0.25) is 5.88 Å². The van der Waals surface area contributed by atoms with E-state index >= 15 is 0 Å². The number of rotatable bonds is 6. The normalized spacial score (nSPS) is 12.1. The fraction of sp³-hybridized carbons (Fsp3) is 0.333. The fourth-order valence-electron chi connectivity index (χ4n) is 1.26. The van der Waals surface area contributed by atoms with Crippen LogP contribution in [0.15, 0.2) is 36.0 Å². The van der Waals surface area contributed by atoms with E-state index in [9.17, 15) is 13.2 Å². The van der Waals surface area contributed by atoms with Crippen molar-refractivity contribution in [1.29, 1.82) is 0 Å². The van der Waals surface area contributed by atoms with Crippen LogP contribution in [0, 0.1) is 0 Å². The minimum Gasteiger partial charge on any atom is -0.475 e. The van der Waals surface area contributed by atoms with Crippen molar-refractivity contribution in [3.05, 3.63) is 36.5 Å². The molecule has 1 rings (SSSR count). The summed E-state index contributed by atoms with van der Waals surface area (Å²) in [5.74, 6) is -0.293. The maximum Gasteiger partial charge on any atom is 0.421 e. The molecular formula is C12H15F3N4O. The van der Waals surface area contributed by atoms with E-state index in [1.54, 1.807) is 6.08 Å². The number of hydrogen-bond acceptors (Lipinski definition) is 3. The zero-order chi connectivity index (χ0) is 15.0. The molecule has 1 heterocycles. The van der Waals surface area contributed by atoms with E-state index in [1.807, 2.05) is 0 Å². The lowest BCUT2D eigenvalue weighted by Crippen LogP contribution is -2.32. The van der Waals surface area contributed by atoms with E-state index in [-0.39, 0.29) is 19.1 Å². The van der Waals surface area contributed by atoms with Gasteiger partial charge >= 0.3 is 6.18 Å². The Kier molecular flexibility index (Phi) is 5.82. The van der Waals surface area contributed by atoms with Crippen LogP contribution in [-0.2, 0) is 6.18 Å². The van der Waals surface area contributed by atoms with Crippen molar-refractivity contribution in [2.45, 2.75) is 6.18 Å². The summed E-state index contributed by atoms with van der Waals surface area (Å²) in [5.41, 5.74) is 4.56. The van der Waals surface area contributed by atoms with Gasteiger partial charge in [-0.3, -0.25) is 0 Å². The van der Waals surface area contributed by atoms with E-state index in [0.717, 1.165) is 6.07 Å². The Labute approximate surface area is 114 Å². The van der Waals surface area contributed by atoms with Gasteiger partial charge in [0.05, 0.1) is 6.54 Å². The molecule has 3 N–H and O–H groups in total. The average molecular weight is 288 g/mol. The molecule has 0 aliphatic rings. The number of alkyl halides is 3. The lowest BCUT2D eigenvalue weighted by molar-refractivity contribution is -0.139. The second-order valence-electron chi connectivity index (χ2n) is 3.64. The Balaban J connectivity index is 2.53. The average Bonchev–Trinajstić information content (AvgIpc) is 2.40. The number of aromatic nitrogens is 1. The standard InChI is InChI=1S/C12H15F3N4O/c1-2-5-18-11(16)19-7-8-20-10-9(12(13,14)15)4-3-6-17-10/h2-4,6H,1,5,7-8H2,(H3,16,18,19). The fourth-order valence-corrected chi connectivity index (χ4v) is 1.26. The minimum atomic E-state index is -4.50. The molecule has 0 fully saturated rings. The Bertz CT molecular complexity index is 474. The van der Waals surface area contributed by atoms with E-state index < -0.39 is 17.6 Å². The molecule has 110 valence electrons. The molecule has 0 saturated heterocycles. The molecule has 0 atom stereocenters. The molecule has 20 heavy (non-hydrogen) atoms. The monoisotopic (exact) mass is 288 g/mol. The molecule has 0 amide bonds. The first-order valence-electron chi connectivity index (χ1n) is 5.75. The Hall–Kier alpha value is -2.25. The Morgan fingerprint density at radius 2 is 2.30 bits per heavy atom. The highest BCUT2D eigenvalue weighted by Crippen LogP contribution is 2.34. The number of nitrogens with two attached hydrogens (primary N) is 1. The number of nitrogens with zero attached hydrogens (tertiary/aromatic N) is 2. The molecule has 0 radical (unpaired) electrons. The SMILES string of the molecule is C=CCNC(N)=NCCOc1ncccc1C(F)(F)F. The molecular weight excluding hydrogens is 273 g/mol.